The van der Waals surface area contributed by atoms with Gasteiger partial charge in [-0.2, -0.15) is 5.10 Å². The van der Waals surface area contributed by atoms with E-state index in [1.54, 1.807) is 6.21 Å². The number of anilines is 1. The molecule has 0 radical (unpaired) electrons. The second-order valence-corrected chi connectivity index (χ2v) is 4.81. The topological polar surface area (TPSA) is 80.4 Å². The molecule has 2 rings (SSSR count). The summed E-state index contributed by atoms with van der Waals surface area (Å²) in [4.78, 5) is 14.3. The number of nitro groups is 1. The van der Waals surface area contributed by atoms with E-state index in [4.69, 9.17) is 0 Å². The Balaban J connectivity index is 2.23. The SMILES string of the molecule is Cc1cc(C)c(/C=N\Nc2ncccc2[N+](=O)[O-])c(C)c1. The summed E-state index contributed by atoms with van der Waals surface area (Å²) in [6, 6.07) is 7.03. The van der Waals surface area contributed by atoms with Crippen LogP contribution in [-0.4, -0.2) is 16.1 Å². The molecule has 0 atom stereocenters. The van der Waals surface area contributed by atoms with Crippen molar-refractivity contribution in [1.82, 2.24) is 4.98 Å². The molecule has 1 heterocycles. The van der Waals surface area contributed by atoms with Crippen LogP contribution < -0.4 is 5.43 Å². The summed E-state index contributed by atoms with van der Waals surface area (Å²) in [6.45, 7) is 6.05. The van der Waals surface area contributed by atoms with Gasteiger partial charge in [-0.25, -0.2) is 4.98 Å². The van der Waals surface area contributed by atoms with Crippen LogP contribution in [0.4, 0.5) is 11.5 Å². The Morgan fingerprint density at radius 3 is 2.57 bits per heavy atom. The monoisotopic (exact) mass is 284 g/mol. The highest BCUT2D eigenvalue weighted by atomic mass is 16.6. The number of aryl methyl sites for hydroxylation is 3. The van der Waals surface area contributed by atoms with Gasteiger partial charge in [0.25, 0.3) is 0 Å². The molecule has 1 aromatic carbocycles. The lowest BCUT2D eigenvalue weighted by Gasteiger charge is -2.06. The molecule has 6 nitrogen and oxygen atoms in total. The third kappa shape index (κ3) is 3.42. The first kappa shape index (κ1) is 14.6. The van der Waals surface area contributed by atoms with Crippen LogP contribution in [0.2, 0.25) is 0 Å². The van der Waals surface area contributed by atoms with E-state index in [-0.39, 0.29) is 11.5 Å². The molecule has 21 heavy (non-hydrogen) atoms. The van der Waals surface area contributed by atoms with Gasteiger partial charge in [-0.05, 0) is 38.0 Å². The van der Waals surface area contributed by atoms with Gasteiger partial charge in [-0.15, -0.1) is 0 Å². The third-order valence-electron chi connectivity index (χ3n) is 3.09. The lowest BCUT2D eigenvalue weighted by molar-refractivity contribution is -0.384. The van der Waals surface area contributed by atoms with Crippen molar-refractivity contribution in [1.29, 1.82) is 0 Å². The van der Waals surface area contributed by atoms with E-state index in [1.807, 2.05) is 20.8 Å². The number of hydrogen-bond acceptors (Lipinski definition) is 5. The average Bonchev–Trinajstić information content (AvgIpc) is 2.42. The number of hydrogen-bond donors (Lipinski definition) is 1. The van der Waals surface area contributed by atoms with Crippen molar-refractivity contribution in [3.63, 3.8) is 0 Å². The van der Waals surface area contributed by atoms with Crippen LogP contribution in [0.15, 0.2) is 35.6 Å². The highest BCUT2D eigenvalue weighted by Gasteiger charge is 2.12. The van der Waals surface area contributed by atoms with Gasteiger partial charge in [0.05, 0.1) is 11.1 Å². The fourth-order valence-electron chi connectivity index (χ4n) is 2.18. The smallest absolute Gasteiger partial charge is 0.258 e. The van der Waals surface area contributed by atoms with Gasteiger partial charge in [0.2, 0.25) is 5.82 Å². The number of aromatic nitrogens is 1. The quantitative estimate of drug-likeness (QED) is 0.530. The minimum Gasteiger partial charge on any atom is -0.258 e. The summed E-state index contributed by atoms with van der Waals surface area (Å²) in [5.41, 5.74) is 6.92. The van der Waals surface area contributed by atoms with Crippen molar-refractivity contribution < 1.29 is 4.92 Å². The van der Waals surface area contributed by atoms with Gasteiger partial charge >= 0.3 is 5.69 Å². The van der Waals surface area contributed by atoms with Crippen molar-refractivity contribution in [2.24, 2.45) is 5.10 Å². The van der Waals surface area contributed by atoms with Crippen molar-refractivity contribution in [2.75, 3.05) is 5.43 Å². The van der Waals surface area contributed by atoms with E-state index in [2.05, 4.69) is 27.6 Å². The molecule has 0 aliphatic heterocycles. The molecule has 1 aromatic heterocycles. The Labute approximate surface area is 122 Å². The van der Waals surface area contributed by atoms with E-state index in [1.165, 1.54) is 23.9 Å². The van der Waals surface area contributed by atoms with Gasteiger partial charge in [0.15, 0.2) is 0 Å². The summed E-state index contributed by atoms with van der Waals surface area (Å²) in [7, 11) is 0. The molecule has 108 valence electrons. The first-order chi connectivity index (χ1) is 9.99. The lowest BCUT2D eigenvalue weighted by atomic mass is 10.0. The Morgan fingerprint density at radius 2 is 1.95 bits per heavy atom. The molecule has 2 aromatic rings. The second-order valence-electron chi connectivity index (χ2n) is 4.81. The van der Waals surface area contributed by atoms with Crippen molar-refractivity contribution in [3.8, 4) is 0 Å². The number of pyridine rings is 1. The molecule has 0 saturated carbocycles. The molecular formula is C15H16N4O2. The van der Waals surface area contributed by atoms with E-state index >= 15 is 0 Å². The summed E-state index contributed by atoms with van der Waals surface area (Å²) in [6.07, 6.45) is 3.13. The minimum atomic E-state index is -0.493. The molecule has 0 aliphatic rings. The summed E-state index contributed by atoms with van der Waals surface area (Å²) in [5, 5.41) is 14.9. The first-order valence-electron chi connectivity index (χ1n) is 6.45. The zero-order valence-corrected chi connectivity index (χ0v) is 12.1. The van der Waals surface area contributed by atoms with Crippen LogP contribution in [0, 0.1) is 30.9 Å². The molecule has 0 saturated heterocycles. The van der Waals surface area contributed by atoms with Crippen LogP contribution in [0.25, 0.3) is 0 Å². The van der Waals surface area contributed by atoms with Crippen LogP contribution in [0.5, 0.6) is 0 Å². The fraction of sp³-hybridized carbons (Fsp3) is 0.200. The maximum Gasteiger partial charge on any atom is 0.313 e. The number of hydrazone groups is 1. The molecule has 0 amide bonds. The van der Waals surface area contributed by atoms with Crippen LogP contribution in [0.1, 0.15) is 22.3 Å². The molecule has 6 heteroatoms. The van der Waals surface area contributed by atoms with Gasteiger partial charge < -0.3 is 0 Å². The average molecular weight is 284 g/mol. The highest BCUT2D eigenvalue weighted by Crippen LogP contribution is 2.20. The van der Waals surface area contributed by atoms with Crippen molar-refractivity contribution in [2.45, 2.75) is 20.8 Å². The predicted molar refractivity (Wildman–Crippen MR) is 82.8 cm³/mol. The van der Waals surface area contributed by atoms with Gasteiger partial charge in [0.1, 0.15) is 0 Å². The summed E-state index contributed by atoms with van der Waals surface area (Å²) >= 11 is 0. The van der Waals surface area contributed by atoms with Gasteiger partial charge in [-0.1, -0.05) is 17.7 Å². The molecule has 0 aliphatic carbocycles. The van der Waals surface area contributed by atoms with E-state index in [9.17, 15) is 10.1 Å². The lowest BCUT2D eigenvalue weighted by Crippen LogP contribution is -2.00. The van der Waals surface area contributed by atoms with Gasteiger partial charge in [0, 0.05) is 17.8 Å². The Hall–Kier alpha value is -2.76. The minimum absolute atomic E-state index is 0.105. The zero-order valence-electron chi connectivity index (χ0n) is 12.1. The molecule has 0 unspecified atom stereocenters. The van der Waals surface area contributed by atoms with E-state index in [0.29, 0.717) is 0 Å². The maximum absolute atomic E-state index is 10.9. The standard InChI is InChI=1S/C15H16N4O2/c1-10-7-11(2)13(12(3)8-10)9-17-18-15-14(19(20)21)5-4-6-16-15/h4-9H,1-3H3,(H,16,18)/b17-9-. The fourth-order valence-corrected chi connectivity index (χ4v) is 2.18. The molecule has 0 fully saturated rings. The predicted octanol–water partition coefficient (Wildman–Crippen LogP) is 3.36. The summed E-state index contributed by atoms with van der Waals surface area (Å²) in [5.74, 6) is 0.126. The summed E-state index contributed by atoms with van der Waals surface area (Å²) < 4.78 is 0. The Bertz CT molecular complexity index is 688. The number of nitrogens with zero attached hydrogens (tertiary/aromatic N) is 3. The molecule has 0 spiro atoms. The van der Waals surface area contributed by atoms with Crippen LogP contribution in [-0.2, 0) is 0 Å². The molecule has 0 bridgehead atoms. The van der Waals surface area contributed by atoms with Crippen LogP contribution in [0.3, 0.4) is 0 Å². The Morgan fingerprint density at radius 1 is 1.29 bits per heavy atom. The zero-order chi connectivity index (χ0) is 15.4. The first-order valence-corrected chi connectivity index (χ1v) is 6.45. The normalized spacial score (nSPS) is 10.8. The third-order valence-corrected chi connectivity index (χ3v) is 3.09. The highest BCUT2D eigenvalue weighted by molar-refractivity contribution is 5.84. The maximum atomic E-state index is 10.9. The number of rotatable bonds is 4. The number of benzene rings is 1. The number of nitrogens with one attached hydrogen (secondary N) is 1. The molecule has 1 N–H and O–H groups in total. The van der Waals surface area contributed by atoms with Crippen molar-refractivity contribution >= 4 is 17.7 Å². The van der Waals surface area contributed by atoms with Crippen LogP contribution >= 0.6 is 0 Å². The molecular weight excluding hydrogens is 268 g/mol. The largest absolute Gasteiger partial charge is 0.313 e. The van der Waals surface area contributed by atoms with Crippen molar-refractivity contribution in [3.05, 3.63) is 62.8 Å². The van der Waals surface area contributed by atoms with Gasteiger partial charge in [-0.3, -0.25) is 15.5 Å². The Kier molecular flexibility index (Phi) is 4.27. The second kappa shape index (κ2) is 6.13. The van der Waals surface area contributed by atoms with E-state index < -0.39 is 4.92 Å². The van der Waals surface area contributed by atoms with E-state index in [0.717, 1.165) is 16.7 Å².